The van der Waals surface area contributed by atoms with Crippen LogP contribution in [0.25, 0.3) is 0 Å². The van der Waals surface area contributed by atoms with Crippen LogP contribution in [0.4, 0.5) is 0 Å². The van der Waals surface area contributed by atoms with Crippen LogP contribution in [-0.2, 0) is 32.7 Å². The van der Waals surface area contributed by atoms with Crippen molar-refractivity contribution >= 4 is 19.8 Å². The minimum atomic E-state index is -4.26. The summed E-state index contributed by atoms with van der Waals surface area (Å²) in [6.07, 6.45) is 63.4. The zero-order valence-electron chi connectivity index (χ0n) is 45.1. The van der Waals surface area contributed by atoms with E-state index in [9.17, 15) is 19.0 Å². The Bertz CT molecular complexity index is 1060. The van der Waals surface area contributed by atoms with E-state index in [0.29, 0.717) is 6.42 Å². The van der Waals surface area contributed by atoms with Crippen LogP contribution in [0.15, 0.2) is 0 Å². The number of ether oxygens (including phenoxy) is 2. The van der Waals surface area contributed by atoms with Crippen molar-refractivity contribution in [2.24, 2.45) is 0 Å². The molecule has 0 aliphatic heterocycles. The molecule has 0 aromatic carbocycles. The molecule has 0 bridgehead atoms. The monoisotopic (exact) mass is 971 g/mol. The van der Waals surface area contributed by atoms with Crippen LogP contribution in [0.3, 0.4) is 0 Å². The highest BCUT2D eigenvalue weighted by Gasteiger charge is 2.25. The molecule has 1 N–H and O–H groups in total. The second kappa shape index (κ2) is 54.4. The molecule has 0 saturated carbocycles. The topological polar surface area (TPSA) is 108 Å². The van der Waals surface area contributed by atoms with Crippen LogP contribution in [-0.4, -0.2) is 43.3 Å². The normalized spacial score (nSPS) is 13.0. The van der Waals surface area contributed by atoms with Gasteiger partial charge in [0.05, 0.1) is 6.61 Å². The highest BCUT2D eigenvalue weighted by atomic mass is 31.2. The summed E-state index contributed by atoms with van der Waals surface area (Å²) in [5, 5.41) is 0. The minimum absolute atomic E-state index is 0.215. The van der Waals surface area contributed by atoms with Gasteiger partial charge in [-0.3, -0.25) is 18.6 Å². The van der Waals surface area contributed by atoms with Gasteiger partial charge in [-0.25, -0.2) is 4.57 Å². The van der Waals surface area contributed by atoms with E-state index >= 15 is 0 Å². The van der Waals surface area contributed by atoms with Gasteiger partial charge in [-0.15, -0.1) is 0 Å². The van der Waals surface area contributed by atoms with E-state index in [0.717, 1.165) is 45.6 Å². The molecule has 2 atom stereocenters. The summed E-state index contributed by atoms with van der Waals surface area (Å²) in [6.45, 7) is 3.97. The molecule has 8 nitrogen and oxygen atoms in total. The first-order chi connectivity index (χ1) is 32.8. The molecule has 9 heteroatoms. The van der Waals surface area contributed by atoms with Gasteiger partial charge in [0, 0.05) is 20.0 Å². The Labute approximate surface area is 417 Å². The highest BCUT2D eigenvalue weighted by molar-refractivity contribution is 7.47. The number of carbonyl (C=O) groups is 2. The summed E-state index contributed by atoms with van der Waals surface area (Å²) in [5.41, 5.74) is 0. The average molecular weight is 972 g/mol. The molecule has 0 aliphatic carbocycles. The SMILES string of the molecule is CCCCCCCCCCCCCCCCCCCCCCCCCCC(=O)OCC(COP(=O)(O)OC)OC(=O)CCCCCCCCCCCCCCCCCCCCCCCCCC. The van der Waals surface area contributed by atoms with E-state index in [1.807, 2.05) is 0 Å². The number of unbranched alkanes of at least 4 members (excludes halogenated alkanes) is 46. The van der Waals surface area contributed by atoms with Crippen molar-refractivity contribution in [1.82, 2.24) is 0 Å². The zero-order chi connectivity index (χ0) is 48.8. The van der Waals surface area contributed by atoms with Gasteiger partial charge in [-0.2, -0.15) is 0 Å². The van der Waals surface area contributed by atoms with Gasteiger partial charge in [0.1, 0.15) is 6.61 Å². The zero-order valence-corrected chi connectivity index (χ0v) is 46.0. The molecular formula is C58H115O8P. The van der Waals surface area contributed by atoms with E-state index in [1.54, 1.807) is 0 Å². The van der Waals surface area contributed by atoms with Gasteiger partial charge >= 0.3 is 19.8 Å². The number of phosphoric acid groups is 1. The molecule has 67 heavy (non-hydrogen) atoms. The van der Waals surface area contributed by atoms with Crippen molar-refractivity contribution in [3.8, 4) is 0 Å². The fourth-order valence-electron chi connectivity index (χ4n) is 9.31. The van der Waals surface area contributed by atoms with Crippen LogP contribution in [0.5, 0.6) is 0 Å². The molecule has 0 aliphatic rings. The fourth-order valence-corrected chi connectivity index (χ4v) is 9.77. The number of carbonyl (C=O) groups excluding carboxylic acids is 2. The standard InChI is InChI=1S/C58H115O8P/c1-4-6-8-10-12-14-16-18-20-22-24-26-28-30-32-34-36-38-40-42-44-46-48-50-52-57(59)64-54-56(55-65-67(61,62)63-3)66-58(60)53-51-49-47-45-43-41-39-37-35-33-31-29-27-25-23-21-19-17-15-13-11-9-7-5-2/h56H,4-55H2,1-3H3,(H,61,62). The number of hydrogen-bond acceptors (Lipinski definition) is 7. The Morgan fingerprint density at radius 1 is 0.358 bits per heavy atom. The lowest BCUT2D eigenvalue weighted by molar-refractivity contribution is -0.161. The smallest absolute Gasteiger partial charge is 0.462 e. The van der Waals surface area contributed by atoms with E-state index in [-0.39, 0.29) is 25.6 Å². The molecule has 400 valence electrons. The Morgan fingerprint density at radius 3 is 0.821 bits per heavy atom. The molecule has 0 radical (unpaired) electrons. The van der Waals surface area contributed by atoms with Crippen LogP contribution in [0.2, 0.25) is 0 Å². The van der Waals surface area contributed by atoms with Crippen molar-refractivity contribution in [3.63, 3.8) is 0 Å². The van der Waals surface area contributed by atoms with Crippen molar-refractivity contribution in [2.75, 3.05) is 20.3 Å². The van der Waals surface area contributed by atoms with Crippen molar-refractivity contribution in [2.45, 2.75) is 341 Å². The quantitative estimate of drug-likeness (QED) is 0.0365. The van der Waals surface area contributed by atoms with Crippen molar-refractivity contribution in [3.05, 3.63) is 0 Å². The second-order valence-electron chi connectivity index (χ2n) is 20.5. The van der Waals surface area contributed by atoms with Crippen molar-refractivity contribution in [1.29, 1.82) is 0 Å². The fraction of sp³-hybridized carbons (Fsp3) is 0.966. The van der Waals surface area contributed by atoms with Gasteiger partial charge in [0.2, 0.25) is 0 Å². The van der Waals surface area contributed by atoms with E-state index in [2.05, 4.69) is 18.4 Å². The molecule has 0 heterocycles. The molecule has 2 unspecified atom stereocenters. The number of rotatable bonds is 57. The maximum absolute atomic E-state index is 12.6. The van der Waals surface area contributed by atoms with Gasteiger partial charge in [0.15, 0.2) is 6.10 Å². The third-order valence-electron chi connectivity index (χ3n) is 13.9. The summed E-state index contributed by atoms with van der Waals surface area (Å²) >= 11 is 0. The summed E-state index contributed by atoms with van der Waals surface area (Å²) in [5.74, 6) is -0.775. The van der Waals surface area contributed by atoms with Crippen LogP contribution < -0.4 is 0 Å². The number of phosphoric ester groups is 1. The molecule has 0 spiro atoms. The summed E-state index contributed by atoms with van der Waals surface area (Å²) < 4.78 is 32.3. The van der Waals surface area contributed by atoms with E-state index < -0.39 is 19.9 Å². The first-order valence-electron chi connectivity index (χ1n) is 29.7. The maximum atomic E-state index is 12.6. The van der Waals surface area contributed by atoms with Gasteiger partial charge in [-0.1, -0.05) is 309 Å². The number of esters is 2. The first kappa shape index (κ1) is 66.0. The van der Waals surface area contributed by atoms with Crippen LogP contribution in [0.1, 0.15) is 335 Å². The second-order valence-corrected chi connectivity index (χ2v) is 22.1. The third-order valence-corrected chi connectivity index (χ3v) is 14.8. The lowest BCUT2D eigenvalue weighted by Gasteiger charge is -2.19. The highest BCUT2D eigenvalue weighted by Crippen LogP contribution is 2.42. The van der Waals surface area contributed by atoms with Crippen LogP contribution >= 0.6 is 7.82 Å². The molecule has 0 aromatic rings. The minimum Gasteiger partial charge on any atom is -0.462 e. The van der Waals surface area contributed by atoms with Crippen LogP contribution in [0, 0.1) is 0 Å². The lowest BCUT2D eigenvalue weighted by atomic mass is 10.0. The predicted octanol–water partition coefficient (Wildman–Crippen LogP) is 19.7. The average Bonchev–Trinajstić information content (AvgIpc) is 3.32. The summed E-state index contributed by atoms with van der Waals surface area (Å²) in [6, 6.07) is 0. The Kier molecular flexibility index (Phi) is 53.6. The molecule has 0 amide bonds. The van der Waals surface area contributed by atoms with Gasteiger partial charge in [-0.05, 0) is 12.8 Å². The van der Waals surface area contributed by atoms with Gasteiger partial charge in [0.25, 0.3) is 0 Å². The van der Waals surface area contributed by atoms with E-state index in [4.69, 9.17) is 14.0 Å². The first-order valence-corrected chi connectivity index (χ1v) is 31.2. The number of hydrogen-bond donors (Lipinski definition) is 1. The molecule has 0 saturated heterocycles. The predicted molar refractivity (Wildman–Crippen MR) is 286 cm³/mol. The Morgan fingerprint density at radius 2 is 0.582 bits per heavy atom. The van der Waals surface area contributed by atoms with Gasteiger partial charge < -0.3 is 14.4 Å². The molecule has 0 aromatic heterocycles. The lowest BCUT2D eigenvalue weighted by Crippen LogP contribution is -2.29. The molecule has 0 fully saturated rings. The van der Waals surface area contributed by atoms with E-state index in [1.165, 1.54) is 270 Å². The summed E-state index contributed by atoms with van der Waals surface area (Å²) in [7, 11) is -3.19. The van der Waals surface area contributed by atoms with Crippen molar-refractivity contribution < 1.29 is 37.6 Å². The molecule has 0 rings (SSSR count). The summed E-state index contributed by atoms with van der Waals surface area (Å²) in [4.78, 5) is 34.8. The largest absolute Gasteiger partial charge is 0.472 e. The molecular weight excluding hydrogens is 856 g/mol. The Hall–Kier alpha value is -0.950. The maximum Gasteiger partial charge on any atom is 0.472 e. The third kappa shape index (κ3) is 54.2. The Balaban J connectivity index is 3.76.